The third kappa shape index (κ3) is 3.85. The molecule has 170 valence electrons. The lowest BCUT2D eigenvalue weighted by molar-refractivity contribution is -0.125. The second-order valence-electron chi connectivity index (χ2n) is 8.40. The van der Waals surface area contributed by atoms with E-state index < -0.39 is 0 Å². The van der Waals surface area contributed by atoms with Gasteiger partial charge in [0, 0.05) is 18.7 Å². The lowest BCUT2D eigenvalue weighted by Crippen LogP contribution is -2.27. The summed E-state index contributed by atoms with van der Waals surface area (Å²) in [6, 6.07) is 18.3. The number of benzene rings is 2. The van der Waals surface area contributed by atoms with Crippen molar-refractivity contribution in [1.82, 2.24) is 24.6 Å². The second kappa shape index (κ2) is 8.94. The van der Waals surface area contributed by atoms with Gasteiger partial charge in [-0.2, -0.15) is 5.10 Å². The van der Waals surface area contributed by atoms with Gasteiger partial charge in [0.05, 0.1) is 11.4 Å². The zero-order chi connectivity index (χ0) is 23.7. The molecule has 1 aliphatic heterocycles. The molecule has 3 heterocycles. The third-order valence-electron chi connectivity index (χ3n) is 6.28. The standard InChI is InChI=1S/C27H26N6O/c1-3-7-23(34)32-15-14-22(16-32)33-27-24(26(28)29-17-30-27)25(31-33)21-12-10-20(11-13-21)18(2)19-8-5-4-6-9-19/h3-13,17,22H,2,14-16H2,1H3,(H2,28,29,30)/b7-3+. The molecule has 2 aromatic heterocycles. The Morgan fingerprint density at radius 2 is 1.82 bits per heavy atom. The summed E-state index contributed by atoms with van der Waals surface area (Å²) in [5.41, 5.74) is 11.7. The number of carbonyl (C=O) groups excluding carboxylic acids is 1. The number of hydrogen-bond donors (Lipinski definition) is 1. The van der Waals surface area contributed by atoms with Crippen molar-refractivity contribution in [2.45, 2.75) is 19.4 Å². The van der Waals surface area contributed by atoms with E-state index in [9.17, 15) is 4.79 Å². The van der Waals surface area contributed by atoms with Gasteiger partial charge in [0.15, 0.2) is 5.65 Å². The van der Waals surface area contributed by atoms with Crippen molar-refractivity contribution in [2.75, 3.05) is 18.8 Å². The molecule has 34 heavy (non-hydrogen) atoms. The Morgan fingerprint density at radius 1 is 1.09 bits per heavy atom. The maximum atomic E-state index is 12.3. The van der Waals surface area contributed by atoms with Crippen LogP contribution in [0.3, 0.4) is 0 Å². The van der Waals surface area contributed by atoms with Gasteiger partial charge in [-0.25, -0.2) is 14.6 Å². The van der Waals surface area contributed by atoms with E-state index in [-0.39, 0.29) is 11.9 Å². The Balaban J connectivity index is 1.50. The van der Waals surface area contributed by atoms with E-state index in [0.29, 0.717) is 24.6 Å². The van der Waals surface area contributed by atoms with E-state index in [4.69, 9.17) is 10.8 Å². The van der Waals surface area contributed by atoms with Crippen LogP contribution in [-0.2, 0) is 4.79 Å². The van der Waals surface area contributed by atoms with E-state index >= 15 is 0 Å². The number of nitrogen functional groups attached to an aromatic ring is 1. The lowest BCUT2D eigenvalue weighted by atomic mass is 9.98. The van der Waals surface area contributed by atoms with Crippen LogP contribution in [0.2, 0.25) is 0 Å². The summed E-state index contributed by atoms with van der Waals surface area (Å²) >= 11 is 0. The predicted molar refractivity (Wildman–Crippen MR) is 135 cm³/mol. The zero-order valence-electron chi connectivity index (χ0n) is 19.1. The summed E-state index contributed by atoms with van der Waals surface area (Å²) in [6.45, 7) is 7.37. The minimum atomic E-state index is 0.0186. The smallest absolute Gasteiger partial charge is 0.246 e. The van der Waals surface area contributed by atoms with Crippen LogP contribution in [-0.4, -0.2) is 43.6 Å². The molecule has 0 bridgehead atoms. The highest BCUT2D eigenvalue weighted by Gasteiger charge is 2.30. The van der Waals surface area contributed by atoms with Crippen LogP contribution in [0.4, 0.5) is 5.82 Å². The van der Waals surface area contributed by atoms with E-state index in [1.54, 1.807) is 12.2 Å². The highest BCUT2D eigenvalue weighted by atomic mass is 16.2. The van der Waals surface area contributed by atoms with Crippen LogP contribution < -0.4 is 5.73 Å². The Morgan fingerprint density at radius 3 is 2.56 bits per heavy atom. The Kier molecular flexibility index (Phi) is 5.67. The van der Waals surface area contributed by atoms with E-state index in [2.05, 4.69) is 28.7 Å². The number of fused-ring (bicyclic) bond motifs is 1. The second-order valence-corrected chi connectivity index (χ2v) is 8.40. The normalized spacial score (nSPS) is 15.9. The average molecular weight is 451 g/mol. The van der Waals surface area contributed by atoms with Crippen molar-refractivity contribution in [1.29, 1.82) is 0 Å². The lowest BCUT2D eigenvalue weighted by Gasteiger charge is -2.15. The van der Waals surface area contributed by atoms with Crippen molar-refractivity contribution in [3.8, 4) is 11.3 Å². The third-order valence-corrected chi connectivity index (χ3v) is 6.28. The predicted octanol–water partition coefficient (Wildman–Crippen LogP) is 4.49. The molecular formula is C27H26N6O. The van der Waals surface area contributed by atoms with Crippen molar-refractivity contribution in [2.24, 2.45) is 0 Å². The Hall–Kier alpha value is -4.26. The minimum Gasteiger partial charge on any atom is -0.383 e. The van der Waals surface area contributed by atoms with Crippen molar-refractivity contribution >= 4 is 28.3 Å². The monoisotopic (exact) mass is 450 g/mol. The van der Waals surface area contributed by atoms with Crippen molar-refractivity contribution < 1.29 is 4.79 Å². The number of allylic oxidation sites excluding steroid dienone is 1. The molecule has 1 fully saturated rings. The fourth-order valence-corrected chi connectivity index (χ4v) is 4.48. The first-order chi connectivity index (χ1) is 16.6. The maximum absolute atomic E-state index is 12.3. The fourth-order valence-electron chi connectivity index (χ4n) is 4.48. The number of carbonyl (C=O) groups is 1. The molecule has 1 unspecified atom stereocenters. The number of aromatic nitrogens is 4. The van der Waals surface area contributed by atoms with Crippen LogP contribution >= 0.6 is 0 Å². The average Bonchev–Trinajstić information content (AvgIpc) is 3.50. The molecular weight excluding hydrogens is 424 g/mol. The fraction of sp³-hybridized carbons (Fsp3) is 0.185. The number of amides is 1. The Bertz CT molecular complexity index is 1390. The summed E-state index contributed by atoms with van der Waals surface area (Å²) in [6.07, 6.45) is 5.63. The quantitative estimate of drug-likeness (QED) is 0.453. The number of hydrogen-bond acceptors (Lipinski definition) is 5. The molecule has 2 aromatic carbocycles. The van der Waals surface area contributed by atoms with Crippen LogP contribution in [0, 0.1) is 0 Å². The number of nitrogens with two attached hydrogens (primary N) is 1. The Labute approximate surface area is 198 Å². The molecule has 7 nitrogen and oxygen atoms in total. The van der Waals surface area contributed by atoms with Crippen LogP contribution in [0.15, 0.2) is 79.7 Å². The van der Waals surface area contributed by atoms with Crippen molar-refractivity contribution in [3.63, 3.8) is 0 Å². The van der Waals surface area contributed by atoms with E-state index in [1.807, 2.05) is 59.0 Å². The van der Waals surface area contributed by atoms with Crippen molar-refractivity contribution in [3.05, 3.63) is 90.8 Å². The van der Waals surface area contributed by atoms with E-state index in [0.717, 1.165) is 39.8 Å². The molecule has 1 aliphatic rings. The zero-order valence-corrected chi connectivity index (χ0v) is 19.1. The van der Waals surface area contributed by atoms with Gasteiger partial charge in [0.2, 0.25) is 5.91 Å². The molecule has 0 saturated carbocycles. The molecule has 0 aliphatic carbocycles. The summed E-state index contributed by atoms with van der Waals surface area (Å²) in [4.78, 5) is 22.9. The summed E-state index contributed by atoms with van der Waals surface area (Å²) in [7, 11) is 0. The van der Waals surface area contributed by atoms with E-state index in [1.165, 1.54) is 6.33 Å². The summed E-state index contributed by atoms with van der Waals surface area (Å²) in [5, 5.41) is 5.66. The molecule has 1 saturated heterocycles. The molecule has 0 spiro atoms. The topological polar surface area (TPSA) is 89.9 Å². The van der Waals surface area contributed by atoms with Crippen LogP contribution in [0.5, 0.6) is 0 Å². The molecule has 7 heteroatoms. The largest absolute Gasteiger partial charge is 0.383 e. The minimum absolute atomic E-state index is 0.0186. The van der Waals surface area contributed by atoms with Gasteiger partial charge in [-0.3, -0.25) is 4.79 Å². The molecule has 5 rings (SSSR count). The SMILES string of the molecule is C=C(c1ccccc1)c1ccc(-c2nn(C3CCN(C(=O)/C=C/C)C3)c3ncnc(N)c23)cc1. The summed E-state index contributed by atoms with van der Waals surface area (Å²) in [5.74, 6) is 0.411. The molecule has 1 amide bonds. The number of nitrogens with zero attached hydrogens (tertiary/aromatic N) is 5. The molecule has 4 aromatic rings. The molecule has 0 radical (unpaired) electrons. The first-order valence-electron chi connectivity index (χ1n) is 11.3. The highest BCUT2D eigenvalue weighted by Crippen LogP contribution is 2.34. The van der Waals surface area contributed by atoms with Gasteiger partial charge in [0.1, 0.15) is 17.8 Å². The number of anilines is 1. The number of rotatable bonds is 5. The maximum Gasteiger partial charge on any atom is 0.246 e. The molecule has 2 N–H and O–H groups in total. The van der Waals surface area contributed by atoms with Crippen LogP contribution in [0.1, 0.15) is 30.5 Å². The summed E-state index contributed by atoms with van der Waals surface area (Å²) < 4.78 is 1.91. The highest BCUT2D eigenvalue weighted by molar-refractivity contribution is 5.98. The van der Waals surface area contributed by atoms with Gasteiger partial charge in [0.25, 0.3) is 0 Å². The first kappa shape index (κ1) is 21.6. The molecule has 1 atom stereocenters. The first-order valence-corrected chi connectivity index (χ1v) is 11.3. The van der Waals surface area contributed by atoms with Gasteiger partial charge >= 0.3 is 0 Å². The van der Waals surface area contributed by atoms with Crippen LogP contribution in [0.25, 0.3) is 27.9 Å². The van der Waals surface area contributed by atoms with Gasteiger partial charge in [-0.15, -0.1) is 0 Å². The van der Waals surface area contributed by atoms with Gasteiger partial charge in [-0.05, 0) is 36.1 Å². The van der Waals surface area contributed by atoms with Gasteiger partial charge < -0.3 is 10.6 Å². The van der Waals surface area contributed by atoms with Gasteiger partial charge in [-0.1, -0.05) is 67.3 Å². The number of likely N-dealkylation sites (tertiary alicyclic amines) is 1.